The fourth-order valence-electron chi connectivity index (χ4n) is 4.60. The van der Waals surface area contributed by atoms with Crippen LogP contribution in [-0.4, -0.2) is 69.5 Å². The summed E-state index contributed by atoms with van der Waals surface area (Å²) in [7, 11) is 0. The monoisotopic (exact) mass is 484 g/mol. The maximum atomic E-state index is 13.0. The van der Waals surface area contributed by atoms with Crippen LogP contribution in [0.25, 0.3) is 0 Å². The molecule has 10 heteroatoms. The number of benzene rings is 1. The van der Waals surface area contributed by atoms with Crippen molar-refractivity contribution >= 4 is 12.1 Å². The molecule has 0 N–H and O–H groups in total. The molecule has 2 aromatic rings. The Morgan fingerprint density at radius 3 is 2.63 bits per heavy atom. The highest BCUT2D eigenvalue weighted by atomic mass is 16.7. The van der Waals surface area contributed by atoms with E-state index in [2.05, 4.69) is 5.16 Å². The Hall–Kier alpha value is -3.11. The average molecular weight is 485 g/mol. The van der Waals surface area contributed by atoms with E-state index in [-0.39, 0.29) is 36.9 Å². The minimum atomic E-state index is -0.514. The highest BCUT2D eigenvalue weighted by molar-refractivity contribution is 5.77. The molecular weight excluding hydrogens is 452 g/mol. The maximum absolute atomic E-state index is 13.0. The second-order valence-corrected chi connectivity index (χ2v) is 10.3. The van der Waals surface area contributed by atoms with Crippen molar-refractivity contribution in [2.45, 2.75) is 70.6 Å². The Kier molecular flexibility index (Phi) is 6.41. The van der Waals surface area contributed by atoms with Crippen molar-refractivity contribution in [1.29, 1.82) is 0 Å². The Bertz CT molecular complexity index is 1050. The summed E-state index contributed by atoms with van der Waals surface area (Å²) >= 11 is 0. The molecule has 2 atom stereocenters. The summed E-state index contributed by atoms with van der Waals surface area (Å²) in [5.41, 5.74) is 1.24. The van der Waals surface area contributed by atoms with Gasteiger partial charge in [-0.15, -0.1) is 0 Å². The molecule has 1 aromatic carbocycles. The molecule has 5 rings (SSSR count). The van der Waals surface area contributed by atoms with Crippen molar-refractivity contribution in [3.63, 3.8) is 0 Å². The summed E-state index contributed by atoms with van der Waals surface area (Å²) in [6.07, 6.45) is 1.24. The smallest absolute Gasteiger partial charge is 0.410 e. The van der Waals surface area contributed by atoms with Crippen LogP contribution in [-0.2, 0) is 27.5 Å². The molecule has 3 aliphatic heterocycles. The van der Waals surface area contributed by atoms with Crippen LogP contribution in [0.2, 0.25) is 0 Å². The lowest BCUT2D eigenvalue weighted by Crippen LogP contribution is -2.55. The number of aromatic nitrogens is 1. The van der Waals surface area contributed by atoms with Crippen molar-refractivity contribution < 1.29 is 28.4 Å². The van der Waals surface area contributed by atoms with Gasteiger partial charge in [0.15, 0.2) is 5.76 Å². The number of amides is 3. The van der Waals surface area contributed by atoms with E-state index in [9.17, 15) is 9.59 Å². The number of ether oxygens (including phenoxy) is 2. The SMILES string of the molecule is CC(C)(C)OC(=O)N1CC(OCc2cc([C@@H]3CCC4CN3C(=O)N4OCc3ccccc3)no2)C1. The van der Waals surface area contributed by atoms with E-state index >= 15 is 0 Å². The standard InChI is InChI=1S/C25H32N4O6/c1-25(2,3)34-24(31)27-13-20(14-27)32-16-19-11-21(26-35-19)22-10-9-18-12-28(22)23(30)29(18)33-15-17-7-5-4-6-8-17/h4-8,11,18,20,22H,9-10,12-16H2,1-3H3/t18?,22-/m0/s1. The van der Waals surface area contributed by atoms with Gasteiger partial charge in [-0.25, -0.2) is 9.59 Å². The van der Waals surface area contributed by atoms with Crippen LogP contribution in [0.5, 0.6) is 0 Å². The number of hydrogen-bond acceptors (Lipinski definition) is 7. The molecule has 188 valence electrons. The van der Waals surface area contributed by atoms with Crippen molar-refractivity contribution in [3.05, 3.63) is 53.4 Å². The van der Waals surface area contributed by atoms with E-state index < -0.39 is 5.60 Å². The van der Waals surface area contributed by atoms with Crippen molar-refractivity contribution in [1.82, 2.24) is 20.0 Å². The number of rotatable bonds is 7. The molecule has 1 unspecified atom stereocenters. The van der Waals surface area contributed by atoms with Crippen LogP contribution in [0, 0.1) is 0 Å². The van der Waals surface area contributed by atoms with Crippen LogP contribution >= 0.6 is 0 Å². The van der Waals surface area contributed by atoms with Gasteiger partial charge >= 0.3 is 12.1 Å². The number of carbonyl (C=O) groups is 2. The molecule has 3 fully saturated rings. The van der Waals surface area contributed by atoms with E-state index in [1.807, 2.05) is 62.1 Å². The first-order valence-corrected chi connectivity index (χ1v) is 12.1. The van der Waals surface area contributed by atoms with Gasteiger partial charge in [-0.1, -0.05) is 35.5 Å². The summed E-state index contributed by atoms with van der Waals surface area (Å²) in [6.45, 7) is 7.74. The number of hydroxylamine groups is 2. The Labute approximate surface area is 204 Å². The van der Waals surface area contributed by atoms with E-state index in [0.29, 0.717) is 32.0 Å². The molecule has 3 amide bonds. The van der Waals surface area contributed by atoms with Crippen molar-refractivity contribution in [2.75, 3.05) is 19.6 Å². The van der Waals surface area contributed by atoms with Crippen LogP contribution < -0.4 is 0 Å². The molecule has 10 nitrogen and oxygen atoms in total. The summed E-state index contributed by atoms with van der Waals surface area (Å²) in [5, 5.41) is 5.74. The number of piperidine rings is 1. The van der Waals surface area contributed by atoms with Crippen LogP contribution in [0.1, 0.15) is 56.7 Å². The van der Waals surface area contributed by atoms with Crippen LogP contribution in [0.15, 0.2) is 40.9 Å². The Morgan fingerprint density at radius 1 is 1.11 bits per heavy atom. The topological polar surface area (TPSA) is 97.6 Å². The average Bonchev–Trinajstić information content (AvgIpc) is 3.34. The molecule has 3 aliphatic rings. The normalized spacial score (nSPS) is 22.5. The zero-order valence-electron chi connectivity index (χ0n) is 20.4. The Balaban J connectivity index is 1.10. The number of fused-ring (bicyclic) bond motifs is 2. The number of nitrogens with zero attached hydrogens (tertiary/aromatic N) is 4. The molecule has 35 heavy (non-hydrogen) atoms. The molecule has 1 aromatic heterocycles. The van der Waals surface area contributed by atoms with Gasteiger partial charge in [-0.3, -0.25) is 4.84 Å². The van der Waals surface area contributed by atoms with Gasteiger partial charge in [0, 0.05) is 12.6 Å². The molecule has 2 bridgehead atoms. The van der Waals surface area contributed by atoms with Crippen LogP contribution in [0.3, 0.4) is 0 Å². The predicted octanol–water partition coefficient (Wildman–Crippen LogP) is 3.88. The molecular formula is C25H32N4O6. The minimum absolute atomic E-state index is 0.0451. The molecule has 4 heterocycles. The van der Waals surface area contributed by atoms with Crippen molar-refractivity contribution in [2.24, 2.45) is 0 Å². The van der Waals surface area contributed by atoms with Gasteiger partial charge in [0.05, 0.1) is 31.3 Å². The van der Waals surface area contributed by atoms with E-state index in [1.165, 1.54) is 5.06 Å². The highest BCUT2D eigenvalue weighted by Gasteiger charge is 2.47. The Morgan fingerprint density at radius 2 is 1.89 bits per heavy atom. The lowest BCUT2D eigenvalue weighted by Gasteiger charge is -2.39. The quantitative estimate of drug-likeness (QED) is 0.588. The van der Waals surface area contributed by atoms with Gasteiger partial charge in [-0.2, -0.15) is 5.06 Å². The largest absolute Gasteiger partial charge is 0.444 e. The summed E-state index contributed by atoms with van der Waals surface area (Å²) < 4.78 is 16.7. The number of urea groups is 1. The molecule has 0 saturated carbocycles. The summed E-state index contributed by atoms with van der Waals surface area (Å²) in [5.74, 6) is 0.599. The second kappa shape index (κ2) is 9.50. The van der Waals surface area contributed by atoms with Gasteiger partial charge in [0.1, 0.15) is 24.5 Å². The lowest BCUT2D eigenvalue weighted by molar-refractivity contribution is -0.140. The third-order valence-electron chi connectivity index (χ3n) is 6.42. The fraction of sp³-hybridized carbons (Fsp3) is 0.560. The zero-order chi connectivity index (χ0) is 24.6. The molecule has 0 radical (unpaired) electrons. The first-order chi connectivity index (χ1) is 16.8. The number of likely N-dealkylation sites (tertiary alicyclic amines) is 1. The number of hydrogen-bond donors (Lipinski definition) is 0. The van der Waals surface area contributed by atoms with E-state index in [1.54, 1.807) is 4.90 Å². The maximum Gasteiger partial charge on any atom is 0.410 e. The molecule has 0 aliphatic carbocycles. The van der Waals surface area contributed by atoms with Gasteiger partial charge < -0.3 is 23.8 Å². The van der Waals surface area contributed by atoms with Crippen molar-refractivity contribution in [3.8, 4) is 0 Å². The summed E-state index contributed by atoms with van der Waals surface area (Å²) in [4.78, 5) is 34.4. The van der Waals surface area contributed by atoms with Crippen LogP contribution in [0.4, 0.5) is 9.59 Å². The fourth-order valence-corrected chi connectivity index (χ4v) is 4.60. The van der Waals surface area contributed by atoms with Gasteiger partial charge in [-0.05, 0) is 39.2 Å². The third-order valence-corrected chi connectivity index (χ3v) is 6.42. The minimum Gasteiger partial charge on any atom is -0.444 e. The predicted molar refractivity (Wildman–Crippen MR) is 124 cm³/mol. The highest BCUT2D eigenvalue weighted by Crippen LogP contribution is 2.38. The zero-order valence-corrected chi connectivity index (χ0v) is 20.4. The van der Waals surface area contributed by atoms with E-state index in [4.69, 9.17) is 18.8 Å². The van der Waals surface area contributed by atoms with Gasteiger partial charge in [0.25, 0.3) is 0 Å². The second-order valence-electron chi connectivity index (χ2n) is 10.3. The molecule has 0 spiro atoms. The first-order valence-electron chi connectivity index (χ1n) is 12.1. The summed E-state index contributed by atoms with van der Waals surface area (Å²) in [6, 6.07) is 11.4. The third kappa shape index (κ3) is 5.28. The lowest BCUT2D eigenvalue weighted by atomic mass is 9.98. The van der Waals surface area contributed by atoms with Gasteiger partial charge in [0.2, 0.25) is 0 Å². The van der Waals surface area contributed by atoms with E-state index in [0.717, 1.165) is 24.1 Å². The number of carbonyl (C=O) groups excluding carboxylic acids is 2. The molecule has 3 saturated heterocycles. The first kappa shape index (κ1) is 23.6.